The summed E-state index contributed by atoms with van der Waals surface area (Å²) in [7, 11) is 1.91. The van der Waals surface area contributed by atoms with Crippen LogP contribution in [0.15, 0.2) is 29.3 Å². The summed E-state index contributed by atoms with van der Waals surface area (Å²) in [4.78, 5) is 17.1. The van der Waals surface area contributed by atoms with Gasteiger partial charge < -0.3 is 0 Å². The first kappa shape index (κ1) is 15.9. The SMILES string of the molecule is Cn1nc(-c2ccc(C(=O)NO)cc2)sc1=NC1CCCCC1. The predicted molar refractivity (Wildman–Crippen MR) is 88.2 cm³/mol. The summed E-state index contributed by atoms with van der Waals surface area (Å²) >= 11 is 1.56. The van der Waals surface area contributed by atoms with Gasteiger partial charge in [-0.25, -0.2) is 10.2 Å². The van der Waals surface area contributed by atoms with Crippen LogP contribution in [-0.2, 0) is 7.05 Å². The number of amides is 1. The fraction of sp³-hybridized carbons (Fsp3) is 0.438. The van der Waals surface area contributed by atoms with E-state index in [-0.39, 0.29) is 0 Å². The molecular formula is C16H20N4O2S. The van der Waals surface area contributed by atoms with Crippen molar-refractivity contribution in [3.63, 3.8) is 0 Å². The van der Waals surface area contributed by atoms with Crippen LogP contribution in [0, 0.1) is 0 Å². The minimum Gasteiger partial charge on any atom is -0.288 e. The zero-order chi connectivity index (χ0) is 16.2. The molecule has 1 saturated carbocycles. The van der Waals surface area contributed by atoms with Crippen molar-refractivity contribution in [2.45, 2.75) is 38.1 Å². The van der Waals surface area contributed by atoms with Crippen molar-refractivity contribution < 1.29 is 10.0 Å². The molecule has 1 aromatic heterocycles. The fourth-order valence-electron chi connectivity index (χ4n) is 2.77. The van der Waals surface area contributed by atoms with Crippen molar-refractivity contribution >= 4 is 17.2 Å². The zero-order valence-electron chi connectivity index (χ0n) is 13.0. The van der Waals surface area contributed by atoms with Crippen molar-refractivity contribution in [3.05, 3.63) is 34.6 Å². The summed E-state index contributed by atoms with van der Waals surface area (Å²) < 4.78 is 1.82. The molecular weight excluding hydrogens is 312 g/mol. The van der Waals surface area contributed by atoms with Gasteiger partial charge >= 0.3 is 0 Å². The van der Waals surface area contributed by atoms with Crippen LogP contribution >= 0.6 is 11.3 Å². The van der Waals surface area contributed by atoms with Gasteiger partial charge in [0.2, 0.25) is 4.80 Å². The maximum Gasteiger partial charge on any atom is 0.274 e. The van der Waals surface area contributed by atoms with E-state index in [1.807, 2.05) is 23.9 Å². The Kier molecular flexibility index (Phi) is 4.88. The molecule has 0 spiro atoms. The molecule has 2 aromatic rings. The molecule has 0 saturated heterocycles. The molecule has 1 amide bonds. The first-order valence-electron chi connectivity index (χ1n) is 7.80. The Labute approximate surface area is 138 Å². The molecule has 2 N–H and O–H groups in total. The third kappa shape index (κ3) is 3.68. The molecule has 1 aliphatic carbocycles. The second kappa shape index (κ2) is 7.06. The van der Waals surface area contributed by atoms with Crippen LogP contribution in [0.25, 0.3) is 10.6 Å². The Bertz CT molecular complexity index is 742. The lowest BCUT2D eigenvalue weighted by Gasteiger charge is -2.16. The van der Waals surface area contributed by atoms with Crippen molar-refractivity contribution in [1.29, 1.82) is 0 Å². The van der Waals surface area contributed by atoms with E-state index in [0.717, 1.165) is 28.2 Å². The van der Waals surface area contributed by atoms with Crippen molar-refractivity contribution in [3.8, 4) is 10.6 Å². The van der Waals surface area contributed by atoms with Gasteiger partial charge in [0.15, 0.2) is 0 Å². The molecule has 23 heavy (non-hydrogen) atoms. The molecule has 3 rings (SSSR count). The summed E-state index contributed by atoms with van der Waals surface area (Å²) in [5.74, 6) is -0.519. The molecule has 0 aliphatic heterocycles. The number of aromatic nitrogens is 2. The van der Waals surface area contributed by atoms with E-state index < -0.39 is 5.91 Å². The summed E-state index contributed by atoms with van der Waals surface area (Å²) in [5.41, 5.74) is 2.97. The number of benzene rings is 1. The van der Waals surface area contributed by atoms with E-state index >= 15 is 0 Å². The molecule has 0 bridgehead atoms. The minimum absolute atomic E-state index is 0.407. The number of aryl methyl sites for hydroxylation is 1. The molecule has 0 unspecified atom stereocenters. The molecule has 122 valence electrons. The van der Waals surface area contributed by atoms with Gasteiger partial charge in [-0.15, -0.1) is 0 Å². The van der Waals surface area contributed by atoms with E-state index in [1.54, 1.807) is 28.9 Å². The topological polar surface area (TPSA) is 79.5 Å². The molecule has 1 aromatic carbocycles. The lowest BCUT2D eigenvalue weighted by Crippen LogP contribution is -2.18. The minimum atomic E-state index is -0.519. The lowest BCUT2D eigenvalue weighted by atomic mass is 9.96. The molecule has 1 aliphatic rings. The van der Waals surface area contributed by atoms with Gasteiger partial charge in [0.25, 0.3) is 5.91 Å². The molecule has 0 radical (unpaired) electrons. The normalized spacial score (nSPS) is 16.5. The smallest absolute Gasteiger partial charge is 0.274 e. The van der Waals surface area contributed by atoms with E-state index in [0.29, 0.717) is 11.6 Å². The largest absolute Gasteiger partial charge is 0.288 e. The summed E-state index contributed by atoms with van der Waals surface area (Å²) in [6.07, 6.45) is 6.17. The first-order chi connectivity index (χ1) is 11.2. The maximum absolute atomic E-state index is 11.3. The highest BCUT2D eigenvalue weighted by Gasteiger charge is 2.13. The fourth-order valence-corrected chi connectivity index (χ4v) is 3.74. The monoisotopic (exact) mass is 332 g/mol. The van der Waals surface area contributed by atoms with Crippen LogP contribution in [-0.4, -0.2) is 26.9 Å². The van der Waals surface area contributed by atoms with Gasteiger partial charge in [0, 0.05) is 18.2 Å². The van der Waals surface area contributed by atoms with Crippen LogP contribution < -0.4 is 10.3 Å². The number of nitrogens with zero attached hydrogens (tertiary/aromatic N) is 3. The average Bonchev–Trinajstić information content (AvgIpc) is 2.96. The molecule has 1 heterocycles. The number of nitrogens with one attached hydrogen (secondary N) is 1. The second-order valence-electron chi connectivity index (χ2n) is 5.75. The average molecular weight is 332 g/mol. The quantitative estimate of drug-likeness (QED) is 0.669. The van der Waals surface area contributed by atoms with Gasteiger partial charge in [0.05, 0.1) is 6.04 Å². The van der Waals surface area contributed by atoms with Crippen molar-refractivity contribution in [2.75, 3.05) is 0 Å². The van der Waals surface area contributed by atoms with Crippen molar-refractivity contribution in [1.82, 2.24) is 15.3 Å². The second-order valence-corrected chi connectivity index (χ2v) is 6.71. The van der Waals surface area contributed by atoms with Gasteiger partial charge in [-0.3, -0.25) is 15.0 Å². The van der Waals surface area contributed by atoms with Gasteiger partial charge in [0.1, 0.15) is 5.01 Å². The lowest BCUT2D eigenvalue weighted by molar-refractivity contribution is 0.0706. The van der Waals surface area contributed by atoms with Crippen LogP contribution in [0.4, 0.5) is 0 Å². The molecule has 7 heteroatoms. The Morgan fingerprint density at radius 2 is 2.00 bits per heavy atom. The van der Waals surface area contributed by atoms with Crippen LogP contribution in [0.3, 0.4) is 0 Å². The Hall–Kier alpha value is -1.99. The van der Waals surface area contributed by atoms with E-state index in [4.69, 9.17) is 10.2 Å². The molecule has 1 fully saturated rings. The third-order valence-electron chi connectivity index (χ3n) is 4.07. The van der Waals surface area contributed by atoms with E-state index in [9.17, 15) is 4.79 Å². The number of hydrogen-bond donors (Lipinski definition) is 2. The number of rotatable bonds is 3. The summed E-state index contributed by atoms with van der Waals surface area (Å²) in [5, 5.41) is 14.1. The summed E-state index contributed by atoms with van der Waals surface area (Å²) in [6.45, 7) is 0. The molecule has 6 nitrogen and oxygen atoms in total. The number of carbonyl (C=O) groups excluding carboxylic acids is 1. The van der Waals surface area contributed by atoms with Gasteiger partial charge in [-0.1, -0.05) is 42.7 Å². The number of hydrogen-bond acceptors (Lipinski definition) is 5. The third-order valence-corrected chi connectivity index (χ3v) is 5.13. The highest BCUT2D eigenvalue weighted by atomic mass is 32.1. The van der Waals surface area contributed by atoms with E-state index in [1.165, 1.54) is 19.3 Å². The van der Waals surface area contributed by atoms with Gasteiger partial charge in [-0.05, 0) is 25.0 Å². The van der Waals surface area contributed by atoms with Gasteiger partial charge in [-0.2, -0.15) is 5.10 Å². The van der Waals surface area contributed by atoms with Crippen LogP contribution in [0.5, 0.6) is 0 Å². The Balaban J connectivity index is 1.85. The first-order valence-corrected chi connectivity index (χ1v) is 8.62. The maximum atomic E-state index is 11.3. The highest BCUT2D eigenvalue weighted by molar-refractivity contribution is 7.12. The number of hydroxylamine groups is 1. The van der Waals surface area contributed by atoms with E-state index in [2.05, 4.69) is 5.10 Å². The number of carbonyl (C=O) groups is 1. The predicted octanol–water partition coefficient (Wildman–Crippen LogP) is 2.50. The van der Waals surface area contributed by atoms with Crippen LogP contribution in [0.2, 0.25) is 0 Å². The van der Waals surface area contributed by atoms with Crippen LogP contribution in [0.1, 0.15) is 42.5 Å². The summed E-state index contributed by atoms with van der Waals surface area (Å²) in [6, 6.07) is 7.40. The highest BCUT2D eigenvalue weighted by Crippen LogP contribution is 2.22. The molecule has 0 atom stereocenters. The van der Waals surface area contributed by atoms with Crippen molar-refractivity contribution in [2.24, 2.45) is 12.0 Å². The Morgan fingerprint density at radius 3 is 2.65 bits per heavy atom. The Morgan fingerprint density at radius 1 is 1.30 bits per heavy atom. The standard InChI is InChI=1S/C16H20N4O2S/c1-20-16(17-13-5-3-2-4-6-13)23-15(18-20)12-9-7-11(8-10-12)14(21)19-22/h7-10,13,22H,2-6H2,1H3,(H,19,21). The zero-order valence-corrected chi connectivity index (χ0v) is 13.8.